The average molecular weight is 198 g/mol. The van der Waals surface area contributed by atoms with Gasteiger partial charge in [0, 0.05) is 6.92 Å². The third-order valence-corrected chi connectivity index (χ3v) is 2.13. The van der Waals surface area contributed by atoms with Crippen LogP contribution in [0.2, 0.25) is 0 Å². The van der Waals surface area contributed by atoms with Crippen molar-refractivity contribution in [3.05, 3.63) is 11.6 Å². The average Bonchev–Trinajstić information content (AvgIpc) is 2.02. The summed E-state index contributed by atoms with van der Waals surface area (Å²) in [5.41, 5.74) is 1.37. The fourth-order valence-corrected chi connectivity index (χ4v) is 1.20. The Morgan fingerprint density at radius 1 is 1.29 bits per heavy atom. The normalized spacial score (nSPS) is 12.0. The van der Waals surface area contributed by atoms with Crippen molar-refractivity contribution in [3.63, 3.8) is 0 Å². The Morgan fingerprint density at radius 2 is 1.93 bits per heavy atom. The highest BCUT2D eigenvalue weighted by molar-refractivity contribution is 5.65. The molecule has 0 saturated carbocycles. The van der Waals surface area contributed by atoms with Crippen molar-refractivity contribution in [2.45, 2.75) is 47.0 Å². The monoisotopic (exact) mass is 198 g/mol. The Bertz CT molecular complexity index is 190. The molecule has 0 aliphatic heterocycles. The van der Waals surface area contributed by atoms with Crippen LogP contribution in [0.3, 0.4) is 0 Å². The van der Waals surface area contributed by atoms with Crippen molar-refractivity contribution in [2.24, 2.45) is 5.92 Å². The molecule has 0 aromatic carbocycles. The minimum Gasteiger partial charge on any atom is -0.466 e. The summed E-state index contributed by atoms with van der Waals surface area (Å²) in [6.07, 6.45) is 5.52. The molecule has 0 bridgehead atoms. The molecule has 0 saturated heterocycles. The second-order valence-corrected chi connectivity index (χ2v) is 4.09. The van der Waals surface area contributed by atoms with Crippen LogP contribution in [0.25, 0.3) is 0 Å². The Hall–Kier alpha value is -0.790. The van der Waals surface area contributed by atoms with E-state index in [1.165, 1.54) is 18.9 Å². The fourth-order valence-electron chi connectivity index (χ4n) is 1.20. The lowest BCUT2D eigenvalue weighted by Gasteiger charge is -2.09. The van der Waals surface area contributed by atoms with E-state index in [-0.39, 0.29) is 5.97 Å². The van der Waals surface area contributed by atoms with Gasteiger partial charge in [-0.05, 0) is 39.0 Å². The molecule has 14 heavy (non-hydrogen) atoms. The number of esters is 1. The summed E-state index contributed by atoms with van der Waals surface area (Å²) in [6.45, 7) is 8.44. The van der Waals surface area contributed by atoms with E-state index in [9.17, 15) is 4.79 Å². The maximum Gasteiger partial charge on any atom is 0.302 e. The van der Waals surface area contributed by atoms with Gasteiger partial charge in [0.25, 0.3) is 0 Å². The van der Waals surface area contributed by atoms with Gasteiger partial charge in [0.05, 0.1) is 6.61 Å². The molecule has 0 aromatic rings. The molecule has 2 heteroatoms. The molecular formula is C12H22O2. The molecule has 0 aliphatic rings. The van der Waals surface area contributed by atoms with Gasteiger partial charge in [-0.1, -0.05) is 18.6 Å². The molecule has 0 aromatic heterocycles. The summed E-state index contributed by atoms with van der Waals surface area (Å²) in [6, 6.07) is 0. The van der Waals surface area contributed by atoms with Gasteiger partial charge in [0.2, 0.25) is 0 Å². The molecule has 2 nitrogen and oxygen atoms in total. The standard InChI is InChI=1S/C12H22O2/c1-10(2)6-5-7-11(3)8-9-14-12(4)13/h6,11H,5,7-9H2,1-4H3/t11-/m1/s1. The first kappa shape index (κ1) is 13.2. The minimum atomic E-state index is -0.179. The Morgan fingerprint density at radius 3 is 2.43 bits per heavy atom. The van der Waals surface area contributed by atoms with Crippen LogP contribution in [0.5, 0.6) is 0 Å². The number of rotatable bonds is 6. The highest BCUT2D eigenvalue weighted by atomic mass is 16.5. The molecule has 1 atom stereocenters. The molecule has 0 spiro atoms. The minimum absolute atomic E-state index is 0.179. The van der Waals surface area contributed by atoms with Crippen molar-refractivity contribution in [2.75, 3.05) is 6.61 Å². The van der Waals surface area contributed by atoms with Crippen molar-refractivity contribution >= 4 is 5.97 Å². The molecule has 0 unspecified atom stereocenters. The zero-order valence-electron chi connectivity index (χ0n) is 9.80. The molecule has 0 fully saturated rings. The van der Waals surface area contributed by atoms with Gasteiger partial charge >= 0.3 is 5.97 Å². The smallest absolute Gasteiger partial charge is 0.302 e. The van der Waals surface area contributed by atoms with Crippen LogP contribution >= 0.6 is 0 Å². The predicted molar refractivity (Wildman–Crippen MR) is 59.1 cm³/mol. The maximum absolute atomic E-state index is 10.5. The Kier molecular flexibility index (Phi) is 7.17. The van der Waals surface area contributed by atoms with Gasteiger partial charge in [-0.2, -0.15) is 0 Å². The topological polar surface area (TPSA) is 26.3 Å². The van der Waals surface area contributed by atoms with Crippen molar-refractivity contribution in [3.8, 4) is 0 Å². The number of hydrogen-bond donors (Lipinski definition) is 0. The number of carbonyl (C=O) groups excluding carboxylic acids is 1. The Balaban J connectivity index is 3.41. The van der Waals surface area contributed by atoms with E-state index in [0.29, 0.717) is 12.5 Å². The van der Waals surface area contributed by atoms with Gasteiger partial charge in [-0.15, -0.1) is 0 Å². The Labute approximate surface area is 87.3 Å². The summed E-state index contributed by atoms with van der Waals surface area (Å²) < 4.78 is 4.89. The highest BCUT2D eigenvalue weighted by Crippen LogP contribution is 2.11. The lowest BCUT2D eigenvalue weighted by molar-refractivity contribution is -0.141. The quantitative estimate of drug-likeness (QED) is 0.483. The third-order valence-electron chi connectivity index (χ3n) is 2.13. The van der Waals surface area contributed by atoms with Crippen LogP contribution in [0.1, 0.15) is 47.0 Å². The van der Waals surface area contributed by atoms with Gasteiger partial charge in [-0.25, -0.2) is 0 Å². The van der Waals surface area contributed by atoms with E-state index in [1.807, 2.05) is 0 Å². The van der Waals surface area contributed by atoms with Gasteiger partial charge in [-0.3, -0.25) is 4.79 Å². The van der Waals surface area contributed by atoms with E-state index in [1.54, 1.807) is 0 Å². The molecule has 0 aliphatic carbocycles. The molecule has 0 rings (SSSR count). The van der Waals surface area contributed by atoms with Crippen LogP contribution in [-0.4, -0.2) is 12.6 Å². The van der Waals surface area contributed by atoms with Crippen LogP contribution in [0.15, 0.2) is 11.6 Å². The van der Waals surface area contributed by atoms with Crippen molar-refractivity contribution in [1.29, 1.82) is 0 Å². The summed E-state index contributed by atoms with van der Waals surface area (Å²) in [4.78, 5) is 10.5. The maximum atomic E-state index is 10.5. The summed E-state index contributed by atoms with van der Waals surface area (Å²) in [5, 5.41) is 0. The van der Waals surface area contributed by atoms with E-state index < -0.39 is 0 Å². The first-order valence-electron chi connectivity index (χ1n) is 5.29. The zero-order valence-corrected chi connectivity index (χ0v) is 9.80. The van der Waals surface area contributed by atoms with Crippen LogP contribution in [-0.2, 0) is 9.53 Å². The summed E-state index contributed by atoms with van der Waals surface area (Å²) >= 11 is 0. The molecule has 0 radical (unpaired) electrons. The summed E-state index contributed by atoms with van der Waals surface area (Å²) in [7, 11) is 0. The highest BCUT2D eigenvalue weighted by Gasteiger charge is 2.01. The number of hydrogen-bond acceptors (Lipinski definition) is 2. The number of carbonyl (C=O) groups is 1. The second kappa shape index (κ2) is 7.60. The van der Waals surface area contributed by atoms with E-state index >= 15 is 0 Å². The summed E-state index contributed by atoms with van der Waals surface area (Å²) in [5.74, 6) is 0.450. The molecule has 0 heterocycles. The lowest BCUT2D eigenvalue weighted by atomic mass is 10.0. The number of allylic oxidation sites excluding steroid dienone is 2. The zero-order chi connectivity index (χ0) is 11.0. The van der Waals surface area contributed by atoms with Gasteiger partial charge in [0.1, 0.15) is 0 Å². The van der Waals surface area contributed by atoms with E-state index in [0.717, 1.165) is 12.8 Å². The van der Waals surface area contributed by atoms with Gasteiger partial charge in [0.15, 0.2) is 0 Å². The third kappa shape index (κ3) is 9.30. The van der Waals surface area contributed by atoms with E-state index in [4.69, 9.17) is 4.74 Å². The second-order valence-electron chi connectivity index (χ2n) is 4.09. The predicted octanol–water partition coefficient (Wildman–Crippen LogP) is 3.32. The van der Waals surface area contributed by atoms with Crippen LogP contribution in [0.4, 0.5) is 0 Å². The van der Waals surface area contributed by atoms with Crippen LogP contribution < -0.4 is 0 Å². The molecule has 0 amide bonds. The van der Waals surface area contributed by atoms with Gasteiger partial charge < -0.3 is 4.74 Å². The van der Waals surface area contributed by atoms with E-state index in [2.05, 4.69) is 26.8 Å². The SMILES string of the molecule is CC(=O)OCC[C@H](C)CCC=C(C)C. The molecular weight excluding hydrogens is 176 g/mol. The fraction of sp³-hybridized carbons (Fsp3) is 0.750. The number of ether oxygens (including phenoxy) is 1. The largest absolute Gasteiger partial charge is 0.466 e. The van der Waals surface area contributed by atoms with Crippen molar-refractivity contribution < 1.29 is 9.53 Å². The van der Waals surface area contributed by atoms with Crippen molar-refractivity contribution in [1.82, 2.24) is 0 Å². The molecule has 0 N–H and O–H groups in total. The molecule has 82 valence electrons. The first-order chi connectivity index (χ1) is 6.52. The lowest BCUT2D eigenvalue weighted by Crippen LogP contribution is -2.05. The first-order valence-corrected chi connectivity index (χ1v) is 5.29. The van der Waals surface area contributed by atoms with Crippen LogP contribution in [0, 0.1) is 5.92 Å².